The molecule has 2 aromatic rings. The van der Waals surface area contributed by atoms with Gasteiger partial charge in [0.2, 0.25) is 5.91 Å². The number of hydrogen-bond acceptors (Lipinski definition) is 6. The van der Waals surface area contributed by atoms with E-state index in [0.717, 1.165) is 0 Å². The summed E-state index contributed by atoms with van der Waals surface area (Å²) in [6.07, 6.45) is -0.140. The molecule has 8 nitrogen and oxygen atoms in total. The maximum atomic E-state index is 11.7. The number of carbonyl (C=O) groups is 1. The molecule has 1 aromatic carbocycles. The van der Waals surface area contributed by atoms with E-state index < -0.39 is 10.8 Å². The Labute approximate surface area is 107 Å². The average Bonchev–Trinajstić information content (AvgIpc) is 2.75. The van der Waals surface area contributed by atoms with Gasteiger partial charge in [0, 0.05) is 11.6 Å². The van der Waals surface area contributed by atoms with Crippen molar-refractivity contribution in [2.75, 3.05) is 5.32 Å². The fourth-order valence-electron chi connectivity index (χ4n) is 1.52. The van der Waals surface area contributed by atoms with Crippen molar-refractivity contribution in [3.63, 3.8) is 0 Å². The minimum absolute atomic E-state index is 0.0268. The molecule has 0 unspecified atom stereocenters. The number of aryl methyl sites for hydroxylation is 1. The highest BCUT2D eigenvalue weighted by atomic mass is 16.6. The van der Waals surface area contributed by atoms with Gasteiger partial charge in [0.15, 0.2) is 5.82 Å². The van der Waals surface area contributed by atoms with Crippen molar-refractivity contribution in [1.82, 2.24) is 10.1 Å². The molecule has 1 amide bonds. The molecule has 0 aliphatic rings. The number of aromatic nitrogens is 2. The number of nitro benzene ring substituents is 1. The Bertz CT molecular complexity index is 623. The van der Waals surface area contributed by atoms with Gasteiger partial charge in [-0.15, -0.1) is 0 Å². The number of hydrogen-bond donors (Lipinski definition) is 1. The smallest absolute Gasteiger partial charge is 0.315 e. The van der Waals surface area contributed by atoms with Crippen LogP contribution in [0, 0.1) is 17.0 Å². The quantitative estimate of drug-likeness (QED) is 0.659. The third-order valence-electron chi connectivity index (χ3n) is 2.31. The molecule has 1 heterocycles. The lowest BCUT2D eigenvalue weighted by atomic mass is 10.1. The van der Waals surface area contributed by atoms with E-state index >= 15 is 0 Å². The van der Waals surface area contributed by atoms with Crippen LogP contribution in [0.3, 0.4) is 0 Å². The number of nitrogens with zero attached hydrogens (tertiary/aromatic N) is 3. The SMILES string of the molecule is Cc1noc(NC(=O)Cc2ccccc2[N+](=O)[O-])n1. The third kappa shape index (κ3) is 3.12. The lowest BCUT2D eigenvalue weighted by Crippen LogP contribution is -2.15. The Morgan fingerprint density at radius 2 is 2.21 bits per heavy atom. The zero-order chi connectivity index (χ0) is 13.8. The summed E-state index contributed by atoms with van der Waals surface area (Å²) in [6.45, 7) is 1.61. The van der Waals surface area contributed by atoms with Crippen LogP contribution in [0.15, 0.2) is 28.8 Å². The first-order valence-electron chi connectivity index (χ1n) is 5.38. The van der Waals surface area contributed by atoms with E-state index in [-0.39, 0.29) is 18.1 Å². The molecule has 0 bridgehead atoms. The second-order valence-electron chi connectivity index (χ2n) is 3.76. The average molecular weight is 262 g/mol. The van der Waals surface area contributed by atoms with E-state index in [0.29, 0.717) is 11.4 Å². The minimum Gasteiger partial charge on any atom is -0.315 e. The van der Waals surface area contributed by atoms with E-state index in [1.165, 1.54) is 12.1 Å². The van der Waals surface area contributed by atoms with E-state index in [4.69, 9.17) is 4.52 Å². The first-order chi connectivity index (χ1) is 9.06. The Morgan fingerprint density at radius 3 is 2.84 bits per heavy atom. The number of nitro groups is 1. The maximum Gasteiger partial charge on any atom is 0.328 e. The van der Waals surface area contributed by atoms with Crippen molar-refractivity contribution in [3.8, 4) is 0 Å². The summed E-state index contributed by atoms with van der Waals surface area (Å²) >= 11 is 0. The first-order valence-corrected chi connectivity index (χ1v) is 5.38. The summed E-state index contributed by atoms with van der Waals surface area (Å²) in [5, 5.41) is 16.7. The van der Waals surface area contributed by atoms with Gasteiger partial charge in [-0.2, -0.15) is 4.98 Å². The number of anilines is 1. The molecule has 0 atom stereocenters. The molecule has 0 aliphatic carbocycles. The molecule has 0 radical (unpaired) electrons. The van der Waals surface area contributed by atoms with Crippen LogP contribution in [0.5, 0.6) is 0 Å². The number of para-hydroxylation sites is 1. The molecule has 1 N–H and O–H groups in total. The molecule has 0 saturated heterocycles. The predicted molar refractivity (Wildman–Crippen MR) is 64.5 cm³/mol. The van der Waals surface area contributed by atoms with Crippen molar-refractivity contribution < 1.29 is 14.2 Å². The largest absolute Gasteiger partial charge is 0.328 e. The highest BCUT2D eigenvalue weighted by Crippen LogP contribution is 2.18. The fourth-order valence-corrected chi connectivity index (χ4v) is 1.52. The lowest BCUT2D eigenvalue weighted by Gasteiger charge is -2.02. The Hall–Kier alpha value is -2.77. The van der Waals surface area contributed by atoms with Crippen LogP contribution in [-0.2, 0) is 11.2 Å². The summed E-state index contributed by atoms with van der Waals surface area (Å²) < 4.78 is 4.72. The number of benzene rings is 1. The van der Waals surface area contributed by atoms with Crippen LogP contribution in [-0.4, -0.2) is 21.0 Å². The molecule has 19 heavy (non-hydrogen) atoms. The lowest BCUT2D eigenvalue weighted by molar-refractivity contribution is -0.385. The number of amides is 1. The van der Waals surface area contributed by atoms with Crippen molar-refractivity contribution in [2.45, 2.75) is 13.3 Å². The molecule has 0 saturated carbocycles. The zero-order valence-corrected chi connectivity index (χ0v) is 9.99. The van der Waals surface area contributed by atoms with Crippen molar-refractivity contribution in [2.24, 2.45) is 0 Å². The maximum absolute atomic E-state index is 11.7. The Balaban J connectivity index is 2.09. The minimum atomic E-state index is -0.528. The summed E-state index contributed by atoms with van der Waals surface area (Å²) in [7, 11) is 0. The second-order valence-corrected chi connectivity index (χ2v) is 3.76. The summed E-state index contributed by atoms with van der Waals surface area (Å²) in [5.74, 6) is -0.0704. The topological polar surface area (TPSA) is 111 Å². The zero-order valence-electron chi connectivity index (χ0n) is 9.99. The van der Waals surface area contributed by atoms with Crippen molar-refractivity contribution in [3.05, 3.63) is 45.8 Å². The van der Waals surface area contributed by atoms with Crippen molar-refractivity contribution >= 4 is 17.6 Å². The van der Waals surface area contributed by atoms with Gasteiger partial charge in [-0.25, -0.2) is 0 Å². The van der Waals surface area contributed by atoms with Gasteiger partial charge in [-0.1, -0.05) is 23.4 Å². The van der Waals surface area contributed by atoms with Gasteiger partial charge in [0.25, 0.3) is 5.69 Å². The van der Waals surface area contributed by atoms with Crippen LogP contribution in [0.2, 0.25) is 0 Å². The molecule has 0 fully saturated rings. The van der Waals surface area contributed by atoms with Gasteiger partial charge in [0.1, 0.15) is 0 Å². The van der Waals surface area contributed by atoms with Crippen LogP contribution in [0.4, 0.5) is 11.7 Å². The molecule has 2 rings (SSSR count). The van der Waals surface area contributed by atoms with Gasteiger partial charge in [0.05, 0.1) is 11.3 Å². The Kier molecular flexibility index (Phi) is 3.51. The van der Waals surface area contributed by atoms with Crippen molar-refractivity contribution in [1.29, 1.82) is 0 Å². The monoisotopic (exact) mass is 262 g/mol. The van der Waals surface area contributed by atoms with Crippen LogP contribution in [0.25, 0.3) is 0 Å². The molecule has 0 spiro atoms. The first kappa shape index (κ1) is 12.7. The second kappa shape index (κ2) is 5.25. The van der Waals surface area contributed by atoms with E-state index in [1.807, 2.05) is 0 Å². The molecule has 8 heteroatoms. The normalized spacial score (nSPS) is 10.2. The predicted octanol–water partition coefficient (Wildman–Crippen LogP) is 1.47. The molecule has 98 valence electrons. The third-order valence-corrected chi connectivity index (χ3v) is 2.31. The van der Waals surface area contributed by atoms with Gasteiger partial charge < -0.3 is 4.52 Å². The van der Waals surface area contributed by atoms with E-state index in [9.17, 15) is 14.9 Å². The standard InChI is InChI=1S/C11H10N4O4/c1-7-12-11(19-14-7)13-10(16)6-8-4-2-3-5-9(8)15(17)18/h2-5H,6H2,1H3,(H,12,13,14,16). The molecule has 0 aliphatic heterocycles. The van der Waals surface area contributed by atoms with Gasteiger partial charge in [-0.3, -0.25) is 20.2 Å². The van der Waals surface area contributed by atoms with Crippen LogP contribution >= 0.6 is 0 Å². The van der Waals surface area contributed by atoms with Crippen LogP contribution in [0.1, 0.15) is 11.4 Å². The summed E-state index contributed by atoms with van der Waals surface area (Å²) in [5.41, 5.74) is 0.223. The van der Waals surface area contributed by atoms with Crippen LogP contribution < -0.4 is 5.32 Å². The highest BCUT2D eigenvalue weighted by molar-refractivity contribution is 5.90. The molecule has 1 aromatic heterocycles. The van der Waals surface area contributed by atoms with E-state index in [2.05, 4.69) is 15.5 Å². The highest BCUT2D eigenvalue weighted by Gasteiger charge is 2.16. The van der Waals surface area contributed by atoms with Gasteiger partial charge >= 0.3 is 6.01 Å². The fraction of sp³-hybridized carbons (Fsp3) is 0.182. The molecular formula is C11H10N4O4. The molecular weight excluding hydrogens is 252 g/mol. The summed E-state index contributed by atoms with van der Waals surface area (Å²) in [6, 6.07) is 6.02. The number of nitrogens with one attached hydrogen (secondary N) is 1. The van der Waals surface area contributed by atoms with Gasteiger partial charge in [-0.05, 0) is 6.92 Å². The van der Waals surface area contributed by atoms with E-state index in [1.54, 1.807) is 19.1 Å². The number of carbonyl (C=O) groups excluding carboxylic acids is 1. The number of rotatable bonds is 4. The summed E-state index contributed by atoms with van der Waals surface area (Å²) in [4.78, 5) is 25.8. The Morgan fingerprint density at radius 1 is 1.47 bits per heavy atom.